The second-order valence-corrected chi connectivity index (χ2v) is 6.54. The molecule has 0 amide bonds. The first-order valence-corrected chi connectivity index (χ1v) is 7.54. The van der Waals surface area contributed by atoms with E-state index in [1.807, 2.05) is 0 Å². The van der Waals surface area contributed by atoms with Gasteiger partial charge in [0.2, 0.25) is 0 Å². The molecule has 2 rings (SSSR count). The van der Waals surface area contributed by atoms with Crippen molar-refractivity contribution >= 4 is 33.5 Å². The monoisotopic (exact) mass is 300 g/mol. The van der Waals surface area contributed by atoms with Crippen LogP contribution < -0.4 is 19.6 Å². The van der Waals surface area contributed by atoms with Crippen LogP contribution in [0.5, 0.6) is 0 Å². The van der Waals surface area contributed by atoms with E-state index in [9.17, 15) is 0 Å². The molecule has 0 aliphatic heterocycles. The lowest BCUT2D eigenvalue weighted by Crippen LogP contribution is -2.20. The number of nitrogens with zero attached hydrogens (tertiary/aromatic N) is 4. The average Bonchev–Trinajstić information content (AvgIpc) is 2.43. The number of benzene rings is 2. The quantitative estimate of drug-likeness (QED) is 0.860. The predicted octanol–water partition coefficient (Wildman–Crippen LogP) is 3.10. The fourth-order valence-corrected chi connectivity index (χ4v) is 2.99. The van der Waals surface area contributed by atoms with E-state index in [4.69, 9.17) is 0 Å². The molecule has 0 aliphatic carbocycles. The maximum Gasteiger partial charge on any atom is 0.0700 e. The molecular weight excluding hydrogens is 272 g/mol. The van der Waals surface area contributed by atoms with Gasteiger partial charge in [0.15, 0.2) is 0 Å². The third-order valence-corrected chi connectivity index (χ3v) is 3.95. The van der Waals surface area contributed by atoms with Gasteiger partial charge in [-0.3, -0.25) is 0 Å². The summed E-state index contributed by atoms with van der Waals surface area (Å²) >= 11 is 0. The Bertz CT molecular complexity index is 618. The van der Waals surface area contributed by atoms with Crippen LogP contribution in [-0.4, -0.2) is 56.4 Å². The molecule has 0 aromatic heterocycles. The molecule has 0 saturated carbocycles. The average molecular weight is 300 g/mol. The smallest absolute Gasteiger partial charge is 0.0700 e. The van der Waals surface area contributed by atoms with Gasteiger partial charge in [0.05, 0.1) is 22.7 Å². The Kier molecular flexibility index (Phi) is 4.40. The minimum atomic E-state index is 1.23. The summed E-state index contributed by atoms with van der Waals surface area (Å²) in [5.74, 6) is 0. The molecule has 0 atom stereocenters. The van der Waals surface area contributed by atoms with Gasteiger partial charge in [-0.2, -0.15) is 0 Å². The Morgan fingerprint density at radius 2 is 0.864 bits per heavy atom. The van der Waals surface area contributed by atoms with Crippen molar-refractivity contribution in [2.45, 2.75) is 0 Å². The van der Waals surface area contributed by atoms with Crippen molar-refractivity contribution < 1.29 is 0 Å². The highest BCUT2D eigenvalue weighted by atomic mass is 15.2. The Morgan fingerprint density at radius 3 is 1.14 bits per heavy atom. The fourth-order valence-electron chi connectivity index (χ4n) is 2.99. The summed E-state index contributed by atoms with van der Waals surface area (Å²) in [5.41, 5.74) is 4.98. The topological polar surface area (TPSA) is 13.0 Å². The highest BCUT2D eigenvalue weighted by molar-refractivity contribution is 6.11. The van der Waals surface area contributed by atoms with Gasteiger partial charge in [-0.1, -0.05) is 12.1 Å². The Hall–Kier alpha value is -2.10. The predicted molar refractivity (Wildman–Crippen MR) is 101 cm³/mol. The lowest BCUT2D eigenvalue weighted by Gasteiger charge is -2.30. The maximum atomic E-state index is 2.21. The standard InChI is InChI=1S/C18H28N4/c1-19(2)14-11-9-13-10-12-15(20(3)4)18(22(7)8)16(13)17(14)21(5)6/h9-12H,1-8H3. The van der Waals surface area contributed by atoms with Gasteiger partial charge >= 0.3 is 0 Å². The molecule has 0 N–H and O–H groups in total. The first-order valence-electron chi connectivity index (χ1n) is 7.54. The Morgan fingerprint density at radius 1 is 0.500 bits per heavy atom. The van der Waals surface area contributed by atoms with E-state index in [0.29, 0.717) is 0 Å². The lowest BCUT2D eigenvalue weighted by molar-refractivity contribution is 1.07. The molecule has 0 bridgehead atoms. The molecule has 0 saturated heterocycles. The molecule has 0 radical (unpaired) electrons. The fraction of sp³-hybridized carbons (Fsp3) is 0.444. The van der Waals surface area contributed by atoms with E-state index < -0.39 is 0 Å². The SMILES string of the molecule is CN(C)c1ccc2ccc(N(C)C)c(N(C)C)c2c1N(C)C. The molecular formula is C18H28N4. The first-order chi connectivity index (χ1) is 10.3. The van der Waals surface area contributed by atoms with Crippen LogP contribution in [0.3, 0.4) is 0 Å². The van der Waals surface area contributed by atoms with E-state index in [2.05, 4.69) is 100 Å². The van der Waals surface area contributed by atoms with Crippen molar-refractivity contribution in [2.75, 3.05) is 76.0 Å². The van der Waals surface area contributed by atoms with Crippen LogP contribution in [0, 0.1) is 0 Å². The van der Waals surface area contributed by atoms with Crippen molar-refractivity contribution in [3.63, 3.8) is 0 Å². The normalized spacial score (nSPS) is 10.7. The van der Waals surface area contributed by atoms with Gasteiger partial charge in [-0.25, -0.2) is 0 Å². The molecule has 4 heteroatoms. The van der Waals surface area contributed by atoms with Crippen LogP contribution in [0.25, 0.3) is 10.8 Å². The lowest BCUT2D eigenvalue weighted by atomic mass is 10.0. The molecule has 0 unspecified atom stereocenters. The van der Waals surface area contributed by atoms with Gasteiger partial charge in [0.25, 0.3) is 0 Å². The molecule has 0 fully saturated rings. The number of hydrogen-bond acceptors (Lipinski definition) is 4. The van der Waals surface area contributed by atoms with Crippen molar-refractivity contribution in [3.05, 3.63) is 24.3 Å². The molecule has 22 heavy (non-hydrogen) atoms. The second-order valence-electron chi connectivity index (χ2n) is 6.54. The summed E-state index contributed by atoms with van der Waals surface area (Å²) in [6, 6.07) is 8.83. The van der Waals surface area contributed by atoms with Crippen molar-refractivity contribution in [2.24, 2.45) is 0 Å². The first kappa shape index (κ1) is 16.3. The minimum absolute atomic E-state index is 1.23. The van der Waals surface area contributed by atoms with Crippen LogP contribution >= 0.6 is 0 Å². The zero-order valence-electron chi connectivity index (χ0n) is 15.1. The minimum Gasteiger partial charge on any atom is -0.376 e. The van der Waals surface area contributed by atoms with Crippen LogP contribution in [0.2, 0.25) is 0 Å². The summed E-state index contributed by atoms with van der Waals surface area (Å²) in [4.78, 5) is 8.78. The maximum absolute atomic E-state index is 2.21. The summed E-state index contributed by atoms with van der Waals surface area (Å²) in [7, 11) is 16.8. The van der Waals surface area contributed by atoms with E-state index in [1.165, 1.54) is 33.5 Å². The van der Waals surface area contributed by atoms with Gasteiger partial charge in [-0.15, -0.1) is 0 Å². The zero-order valence-corrected chi connectivity index (χ0v) is 15.1. The van der Waals surface area contributed by atoms with Crippen molar-refractivity contribution in [1.29, 1.82) is 0 Å². The number of fused-ring (bicyclic) bond motifs is 1. The van der Waals surface area contributed by atoms with Crippen LogP contribution in [0.4, 0.5) is 22.7 Å². The van der Waals surface area contributed by atoms with E-state index in [0.717, 1.165) is 0 Å². The summed E-state index contributed by atoms with van der Waals surface area (Å²) in [6.07, 6.45) is 0. The molecule has 0 spiro atoms. The highest BCUT2D eigenvalue weighted by Crippen LogP contribution is 2.44. The summed E-state index contributed by atoms with van der Waals surface area (Å²) < 4.78 is 0. The molecule has 4 nitrogen and oxygen atoms in total. The van der Waals surface area contributed by atoms with Crippen molar-refractivity contribution in [3.8, 4) is 0 Å². The largest absolute Gasteiger partial charge is 0.376 e. The van der Waals surface area contributed by atoms with E-state index in [1.54, 1.807) is 0 Å². The zero-order chi connectivity index (χ0) is 16.6. The van der Waals surface area contributed by atoms with Gasteiger partial charge in [0.1, 0.15) is 0 Å². The van der Waals surface area contributed by atoms with Gasteiger partial charge in [0, 0.05) is 61.8 Å². The number of hydrogen-bond donors (Lipinski definition) is 0. The Balaban J connectivity index is 2.99. The van der Waals surface area contributed by atoms with Gasteiger partial charge in [-0.05, 0) is 17.5 Å². The van der Waals surface area contributed by atoms with Crippen LogP contribution in [0.1, 0.15) is 0 Å². The van der Waals surface area contributed by atoms with E-state index >= 15 is 0 Å². The molecule has 120 valence electrons. The van der Waals surface area contributed by atoms with Gasteiger partial charge < -0.3 is 19.6 Å². The molecule has 2 aromatic rings. The molecule has 0 heterocycles. The third-order valence-electron chi connectivity index (χ3n) is 3.95. The molecule has 2 aromatic carbocycles. The van der Waals surface area contributed by atoms with Crippen LogP contribution in [-0.2, 0) is 0 Å². The summed E-state index contributed by atoms with van der Waals surface area (Å²) in [5, 5.41) is 2.57. The van der Waals surface area contributed by atoms with Crippen LogP contribution in [0.15, 0.2) is 24.3 Å². The molecule has 0 aliphatic rings. The Labute approximate surface area is 134 Å². The number of rotatable bonds is 4. The van der Waals surface area contributed by atoms with Crippen molar-refractivity contribution in [1.82, 2.24) is 0 Å². The van der Waals surface area contributed by atoms with E-state index in [-0.39, 0.29) is 0 Å². The third kappa shape index (κ3) is 2.65. The highest BCUT2D eigenvalue weighted by Gasteiger charge is 2.19. The number of anilines is 4. The second kappa shape index (κ2) is 5.95. The summed E-state index contributed by atoms with van der Waals surface area (Å²) in [6.45, 7) is 0.